The molecule has 0 fully saturated rings. The molecule has 0 bridgehead atoms. The molecule has 5 heteroatoms. The summed E-state index contributed by atoms with van der Waals surface area (Å²) in [6, 6.07) is 16.8. The minimum absolute atomic E-state index is 0.0554. The van der Waals surface area contributed by atoms with E-state index in [1.807, 2.05) is 55.5 Å². The SMILES string of the molecule is Cc1ccc(CS(=O)(=O)Nc2cnc3ccccc3c2)cc1. The number of hydrogen-bond donors (Lipinski definition) is 1. The van der Waals surface area contributed by atoms with Gasteiger partial charge in [0.15, 0.2) is 0 Å². The van der Waals surface area contributed by atoms with E-state index in [2.05, 4.69) is 9.71 Å². The molecule has 0 spiro atoms. The van der Waals surface area contributed by atoms with E-state index < -0.39 is 10.0 Å². The molecule has 0 unspecified atom stereocenters. The van der Waals surface area contributed by atoms with Crippen molar-refractivity contribution >= 4 is 26.6 Å². The number of hydrogen-bond acceptors (Lipinski definition) is 3. The molecule has 1 heterocycles. The summed E-state index contributed by atoms with van der Waals surface area (Å²) in [4.78, 5) is 4.26. The highest BCUT2D eigenvalue weighted by atomic mass is 32.2. The Bertz CT molecular complexity index is 903. The van der Waals surface area contributed by atoms with Gasteiger partial charge in [0.2, 0.25) is 10.0 Å². The van der Waals surface area contributed by atoms with Crippen LogP contribution in [0.2, 0.25) is 0 Å². The zero-order valence-corrected chi connectivity index (χ0v) is 13.0. The van der Waals surface area contributed by atoms with E-state index in [0.717, 1.165) is 22.0 Å². The second-order valence-corrected chi connectivity index (χ2v) is 6.99. The molecule has 3 rings (SSSR count). The maximum Gasteiger partial charge on any atom is 0.236 e. The zero-order chi connectivity index (χ0) is 15.6. The van der Waals surface area contributed by atoms with E-state index in [9.17, 15) is 8.42 Å². The number of para-hydroxylation sites is 1. The summed E-state index contributed by atoms with van der Waals surface area (Å²) in [5.74, 6) is -0.0554. The molecule has 0 radical (unpaired) electrons. The van der Waals surface area contributed by atoms with Crippen molar-refractivity contribution < 1.29 is 8.42 Å². The Kier molecular flexibility index (Phi) is 3.81. The number of rotatable bonds is 4. The van der Waals surface area contributed by atoms with E-state index in [1.54, 1.807) is 6.07 Å². The van der Waals surface area contributed by atoms with Gasteiger partial charge < -0.3 is 0 Å². The first kappa shape index (κ1) is 14.5. The van der Waals surface area contributed by atoms with E-state index in [4.69, 9.17) is 0 Å². The number of anilines is 1. The lowest BCUT2D eigenvalue weighted by atomic mass is 10.2. The maximum atomic E-state index is 12.3. The van der Waals surface area contributed by atoms with Crippen LogP contribution in [-0.2, 0) is 15.8 Å². The minimum Gasteiger partial charge on any atom is -0.282 e. The van der Waals surface area contributed by atoms with Gasteiger partial charge in [-0.05, 0) is 24.6 Å². The first-order valence-electron chi connectivity index (χ1n) is 6.93. The third-order valence-electron chi connectivity index (χ3n) is 3.34. The van der Waals surface area contributed by atoms with E-state index in [-0.39, 0.29) is 5.75 Å². The Morgan fingerprint density at radius 2 is 1.77 bits per heavy atom. The lowest BCUT2D eigenvalue weighted by Gasteiger charge is -2.09. The van der Waals surface area contributed by atoms with Gasteiger partial charge in [-0.25, -0.2) is 8.42 Å². The fourth-order valence-electron chi connectivity index (χ4n) is 2.25. The normalized spacial score (nSPS) is 11.5. The molecular weight excluding hydrogens is 296 g/mol. The van der Waals surface area contributed by atoms with Crippen molar-refractivity contribution in [1.29, 1.82) is 0 Å². The molecule has 2 aromatic carbocycles. The van der Waals surface area contributed by atoms with Crippen LogP contribution in [0, 0.1) is 6.92 Å². The predicted molar refractivity (Wildman–Crippen MR) is 89.2 cm³/mol. The maximum absolute atomic E-state index is 12.3. The van der Waals surface area contributed by atoms with E-state index in [1.165, 1.54) is 6.20 Å². The molecule has 1 N–H and O–H groups in total. The first-order chi connectivity index (χ1) is 10.5. The van der Waals surface area contributed by atoms with Crippen LogP contribution in [0.15, 0.2) is 60.8 Å². The van der Waals surface area contributed by atoms with Crippen LogP contribution in [-0.4, -0.2) is 13.4 Å². The highest BCUT2D eigenvalue weighted by molar-refractivity contribution is 7.91. The van der Waals surface area contributed by atoms with Crippen molar-refractivity contribution in [3.63, 3.8) is 0 Å². The van der Waals surface area contributed by atoms with Gasteiger partial charge in [0, 0.05) is 5.39 Å². The van der Waals surface area contributed by atoms with Crippen molar-refractivity contribution in [3.05, 3.63) is 71.9 Å². The van der Waals surface area contributed by atoms with Gasteiger partial charge in [0.1, 0.15) is 0 Å². The standard InChI is InChI=1S/C17H16N2O2S/c1-13-6-8-14(9-7-13)12-22(20,21)19-16-10-15-4-2-3-5-17(15)18-11-16/h2-11,19H,12H2,1H3. The largest absolute Gasteiger partial charge is 0.282 e. The summed E-state index contributed by atoms with van der Waals surface area (Å²) in [6.07, 6.45) is 1.54. The smallest absolute Gasteiger partial charge is 0.236 e. The van der Waals surface area contributed by atoms with Gasteiger partial charge in [0.25, 0.3) is 0 Å². The molecule has 0 saturated heterocycles. The Morgan fingerprint density at radius 3 is 2.55 bits per heavy atom. The molecule has 0 atom stereocenters. The van der Waals surface area contributed by atoms with Crippen LogP contribution < -0.4 is 4.72 Å². The Hall–Kier alpha value is -2.40. The Labute approximate surface area is 129 Å². The summed E-state index contributed by atoms with van der Waals surface area (Å²) in [5, 5.41) is 0.901. The topological polar surface area (TPSA) is 59.1 Å². The highest BCUT2D eigenvalue weighted by Gasteiger charge is 2.12. The summed E-state index contributed by atoms with van der Waals surface area (Å²) >= 11 is 0. The van der Waals surface area contributed by atoms with Gasteiger partial charge in [-0.15, -0.1) is 0 Å². The fourth-order valence-corrected chi connectivity index (χ4v) is 3.42. The van der Waals surface area contributed by atoms with Gasteiger partial charge in [0.05, 0.1) is 23.2 Å². The predicted octanol–water partition coefficient (Wildman–Crippen LogP) is 3.49. The molecule has 1 aromatic heterocycles. The molecular formula is C17H16N2O2S. The average Bonchev–Trinajstić information content (AvgIpc) is 2.49. The van der Waals surface area contributed by atoms with E-state index in [0.29, 0.717) is 5.69 Å². The van der Waals surface area contributed by atoms with Crippen LogP contribution in [0.5, 0.6) is 0 Å². The molecule has 22 heavy (non-hydrogen) atoms. The van der Waals surface area contributed by atoms with Crippen LogP contribution >= 0.6 is 0 Å². The molecule has 0 amide bonds. The Morgan fingerprint density at radius 1 is 1.05 bits per heavy atom. The zero-order valence-electron chi connectivity index (χ0n) is 12.2. The summed E-state index contributed by atoms with van der Waals surface area (Å²) < 4.78 is 27.1. The van der Waals surface area contributed by atoms with Crippen molar-refractivity contribution in [2.24, 2.45) is 0 Å². The van der Waals surface area contributed by atoms with Crippen LogP contribution in [0.3, 0.4) is 0 Å². The number of benzene rings is 2. The molecule has 4 nitrogen and oxygen atoms in total. The summed E-state index contributed by atoms with van der Waals surface area (Å²) in [5.41, 5.74) is 3.18. The number of pyridine rings is 1. The lowest BCUT2D eigenvalue weighted by molar-refractivity contribution is 0.600. The van der Waals surface area contributed by atoms with E-state index >= 15 is 0 Å². The average molecular weight is 312 g/mol. The molecule has 112 valence electrons. The molecule has 0 aliphatic carbocycles. The molecule has 0 saturated carbocycles. The minimum atomic E-state index is -3.46. The molecule has 3 aromatic rings. The van der Waals surface area contributed by atoms with Gasteiger partial charge >= 0.3 is 0 Å². The number of nitrogens with zero attached hydrogens (tertiary/aromatic N) is 1. The van der Waals surface area contributed by atoms with Crippen LogP contribution in [0.25, 0.3) is 10.9 Å². The van der Waals surface area contributed by atoms with Crippen LogP contribution in [0.1, 0.15) is 11.1 Å². The summed E-state index contributed by atoms with van der Waals surface area (Å²) in [7, 11) is -3.46. The summed E-state index contributed by atoms with van der Waals surface area (Å²) in [6.45, 7) is 1.97. The number of nitrogens with one attached hydrogen (secondary N) is 1. The lowest BCUT2D eigenvalue weighted by Crippen LogP contribution is -2.15. The third-order valence-corrected chi connectivity index (χ3v) is 4.60. The third kappa shape index (κ3) is 3.43. The van der Waals surface area contributed by atoms with Crippen LogP contribution in [0.4, 0.5) is 5.69 Å². The highest BCUT2D eigenvalue weighted by Crippen LogP contribution is 2.18. The van der Waals surface area contributed by atoms with Crippen molar-refractivity contribution in [2.75, 3.05) is 4.72 Å². The quantitative estimate of drug-likeness (QED) is 0.802. The fraction of sp³-hybridized carbons (Fsp3) is 0.118. The van der Waals surface area contributed by atoms with Crippen molar-refractivity contribution in [3.8, 4) is 0 Å². The monoisotopic (exact) mass is 312 g/mol. The Balaban J connectivity index is 1.81. The molecule has 0 aliphatic rings. The number of fused-ring (bicyclic) bond motifs is 1. The first-order valence-corrected chi connectivity index (χ1v) is 8.58. The second-order valence-electron chi connectivity index (χ2n) is 5.26. The number of aromatic nitrogens is 1. The molecule has 0 aliphatic heterocycles. The van der Waals surface area contributed by atoms with Gasteiger partial charge in [-0.2, -0.15) is 0 Å². The number of sulfonamides is 1. The number of aryl methyl sites for hydroxylation is 1. The van der Waals surface area contributed by atoms with Crippen molar-refractivity contribution in [2.45, 2.75) is 12.7 Å². The van der Waals surface area contributed by atoms with Crippen molar-refractivity contribution in [1.82, 2.24) is 4.98 Å². The second kappa shape index (κ2) is 5.77. The van der Waals surface area contributed by atoms with Gasteiger partial charge in [-0.1, -0.05) is 48.0 Å². The van der Waals surface area contributed by atoms with Gasteiger partial charge in [-0.3, -0.25) is 9.71 Å².